The number of H-pyrrole nitrogens is 1. The Morgan fingerprint density at radius 1 is 1.31 bits per heavy atom. The number of aromatic amines is 1. The van der Waals surface area contributed by atoms with Crippen molar-refractivity contribution in [1.29, 1.82) is 0 Å². The van der Waals surface area contributed by atoms with Crippen molar-refractivity contribution in [1.82, 2.24) is 15.2 Å². The molecule has 0 saturated carbocycles. The summed E-state index contributed by atoms with van der Waals surface area (Å²) in [6.45, 7) is 4.87. The zero-order valence-electron chi connectivity index (χ0n) is 16.8. The van der Waals surface area contributed by atoms with Crippen LogP contribution >= 0.6 is 0 Å². The standard InChI is InChI=1S/C21H30F3N3O2/c1-15-11-18-19(26-15)3-2-4-20(18)29-14-17(28)13-25-12-16-5-8-27(9-6-16)10-7-21(22,23)24/h2-4,11,16-17,25-26,28H,5-10,12-14H2,1H3. The second kappa shape index (κ2) is 9.82. The van der Waals surface area contributed by atoms with Crippen LogP contribution in [0.5, 0.6) is 5.75 Å². The minimum atomic E-state index is -4.08. The molecular formula is C21H30F3N3O2. The largest absolute Gasteiger partial charge is 0.490 e. The fourth-order valence-electron chi connectivity index (χ4n) is 3.79. The predicted octanol–water partition coefficient (Wildman–Crippen LogP) is 3.47. The van der Waals surface area contributed by atoms with Crippen LogP contribution in [0.1, 0.15) is 25.0 Å². The van der Waals surface area contributed by atoms with Gasteiger partial charge >= 0.3 is 6.18 Å². The zero-order chi connectivity index (χ0) is 20.9. The Kier molecular flexibility index (Phi) is 7.43. The summed E-state index contributed by atoms with van der Waals surface area (Å²) in [7, 11) is 0. The molecule has 1 saturated heterocycles. The number of piperidine rings is 1. The van der Waals surface area contributed by atoms with Crippen molar-refractivity contribution in [2.75, 3.05) is 39.3 Å². The maximum absolute atomic E-state index is 12.3. The lowest BCUT2D eigenvalue weighted by atomic mass is 9.96. The second-order valence-corrected chi connectivity index (χ2v) is 7.94. The molecule has 0 radical (unpaired) electrons. The molecule has 1 aliphatic heterocycles. The van der Waals surface area contributed by atoms with Crippen LogP contribution in [0, 0.1) is 12.8 Å². The van der Waals surface area contributed by atoms with Gasteiger partial charge in [-0.2, -0.15) is 13.2 Å². The third-order valence-corrected chi connectivity index (χ3v) is 5.42. The van der Waals surface area contributed by atoms with E-state index in [0.29, 0.717) is 25.6 Å². The number of likely N-dealkylation sites (tertiary alicyclic amines) is 1. The van der Waals surface area contributed by atoms with E-state index in [1.165, 1.54) is 0 Å². The van der Waals surface area contributed by atoms with Crippen molar-refractivity contribution in [3.63, 3.8) is 0 Å². The number of nitrogens with one attached hydrogen (secondary N) is 2. The lowest BCUT2D eigenvalue weighted by Gasteiger charge is -2.32. The summed E-state index contributed by atoms with van der Waals surface area (Å²) in [5, 5.41) is 14.5. The number of ether oxygens (including phenoxy) is 1. The fourth-order valence-corrected chi connectivity index (χ4v) is 3.79. The van der Waals surface area contributed by atoms with Crippen LogP contribution in [0.25, 0.3) is 10.9 Å². The maximum Gasteiger partial charge on any atom is 0.390 e. The smallest absolute Gasteiger partial charge is 0.390 e. The molecule has 1 atom stereocenters. The van der Waals surface area contributed by atoms with E-state index in [1.54, 1.807) is 0 Å². The number of alkyl halides is 3. The first-order chi connectivity index (χ1) is 13.8. The van der Waals surface area contributed by atoms with Crippen LogP contribution < -0.4 is 10.1 Å². The van der Waals surface area contributed by atoms with Crippen LogP contribution in [0.2, 0.25) is 0 Å². The number of aromatic nitrogens is 1. The van der Waals surface area contributed by atoms with Crippen molar-refractivity contribution >= 4 is 10.9 Å². The summed E-state index contributed by atoms with van der Waals surface area (Å²) in [4.78, 5) is 5.15. The number of nitrogens with zero attached hydrogens (tertiary/aromatic N) is 1. The van der Waals surface area contributed by atoms with Gasteiger partial charge in [-0.15, -0.1) is 0 Å². The highest BCUT2D eigenvalue weighted by molar-refractivity contribution is 5.86. The van der Waals surface area contributed by atoms with Gasteiger partial charge in [-0.3, -0.25) is 0 Å². The van der Waals surface area contributed by atoms with Crippen molar-refractivity contribution in [2.24, 2.45) is 5.92 Å². The molecule has 1 aliphatic rings. The highest BCUT2D eigenvalue weighted by Gasteiger charge is 2.29. The Bertz CT molecular complexity index is 770. The summed E-state index contributed by atoms with van der Waals surface area (Å²) in [5.41, 5.74) is 2.07. The third-order valence-electron chi connectivity index (χ3n) is 5.42. The topological polar surface area (TPSA) is 60.5 Å². The van der Waals surface area contributed by atoms with E-state index < -0.39 is 18.7 Å². The molecule has 1 aromatic heterocycles. The summed E-state index contributed by atoms with van der Waals surface area (Å²) in [6, 6.07) is 7.82. The van der Waals surface area contributed by atoms with E-state index in [2.05, 4.69) is 10.3 Å². The van der Waals surface area contributed by atoms with Gasteiger partial charge < -0.3 is 25.0 Å². The molecule has 3 rings (SSSR count). The first-order valence-electron chi connectivity index (χ1n) is 10.2. The van der Waals surface area contributed by atoms with Crippen molar-refractivity contribution in [3.8, 4) is 5.75 Å². The van der Waals surface area contributed by atoms with Crippen molar-refractivity contribution in [2.45, 2.75) is 38.5 Å². The lowest BCUT2D eigenvalue weighted by molar-refractivity contribution is -0.138. The molecule has 1 fully saturated rings. The Morgan fingerprint density at radius 3 is 2.79 bits per heavy atom. The summed E-state index contributed by atoms with van der Waals surface area (Å²) < 4.78 is 42.7. The van der Waals surface area contributed by atoms with Crippen molar-refractivity contribution in [3.05, 3.63) is 30.0 Å². The number of benzene rings is 1. The first-order valence-corrected chi connectivity index (χ1v) is 10.2. The molecule has 1 aromatic carbocycles. The quantitative estimate of drug-likeness (QED) is 0.589. The van der Waals surface area contributed by atoms with Gasteiger partial charge in [0.2, 0.25) is 0 Å². The molecule has 162 valence electrons. The highest BCUT2D eigenvalue weighted by Crippen LogP contribution is 2.26. The Morgan fingerprint density at radius 2 is 2.07 bits per heavy atom. The normalized spacial score (nSPS) is 17.7. The first kappa shape index (κ1) is 21.9. The van der Waals surface area contributed by atoms with Gasteiger partial charge in [0, 0.05) is 29.7 Å². The van der Waals surface area contributed by atoms with Crippen LogP contribution in [0.15, 0.2) is 24.3 Å². The zero-order valence-corrected chi connectivity index (χ0v) is 16.8. The molecule has 29 heavy (non-hydrogen) atoms. The molecule has 0 aliphatic carbocycles. The molecule has 0 bridgehead atoms. The number of rotatable bonds is 9. The molecule has 8 heteroatoms. The second-order valence-electron chi connectivity index (χ2n) is 7.94. The Balaban J connectivity index is 1.32. The van der Waals surface area contributed by atoms with Crippen LogP contribution in [-0.2, 0) is 0 Å². The molecule has 2 heterocycles. The van der Waals surface area contributed by atoms with E-state index in [4.69, 9.17) is 4.74 Å². The summed E-state index contributed by atoms with van der Waals surface area (Å²) >= 11 is 0. The van der Waals surface area contributed by atoms with Crippen LogP contribution in [-0.4, -0.2) is 66.6 Å². The SMILES string of the molecule is Cc1cc2c(OCC(O)CNCC3CCN(CCC(F)(F)F)CC3)cccc2[nH]1. The van der Waals surface area contributed by atoms with E-state index in [1.807, 2.05) is 36.1 Å². The van der Waals surface area contributed by atoms with Gasteiger partial charge in [0.25, 0.3) is 0 Å². The van der Waals surface area contributed by atoms with Gasteiger partial charge in [-0.25, -0.2) is 0 Å². The molecule has 0 spiro atoms. The number of aryl methyl sites for hydroxylation is 1. The highest BCUT2D eigenvalue weighted by atomic mass is 19.4. The molecule has 0 amide bonds. The number of aliphatic hydroxyl groups excluding tert-OH is 1. The van der Waals surface area contributed by atoms with Gasteiger partial charge in [0.05, 0.1) is 6.42 Å². The van der Waals surface area contributed by atoms with Gasteiger partial charge in [0.15, 0.2) is 0 Å². The minimum Gasteiger partial charge on any atom is -0.490 e. The van der Waals surface area contributed by atoms with E-state index in [-0.39, 0.29) is 13.2 Å². The molecule has 5 nitrogen and oxygen atoms in total. The van der Waals surface area contributed by atoms with E-state index >= 15 is 0 Å². The number of halogens is 3. The van der Waals surface area contributed by atoms with Crippen LogP contribution in [0.4, 0.5) is 13.2 Å². The lowest BCUT2D eigenvalue weighted by Crippen LogP contribution is -2.40. The summed E-state index contributed by atoms with van der Waals surface area (Å²) in [5.74, 6) is 1.18. The third kappa shape index (κ3) is 6.90. The van der Waals surface area contributed by atoms with Gasteiger partial charge in [0.1, 0.15) is 18.5 Å². The predicted molar refractivity (Wildman–Crippen MR) is 107 cm³/mol. The number of fused-ring (bicyclic) bond motifs is 1. The molecule has 2 aromatic rings. The number of aliphatic hydroxyl groups is 1. The molecular weight excluding hydrogens is 383 g/mol. The van der Waals surface area contributed by atoms with E-state index in [9.17, 15) is 18.3 Å². The van der Waals surface area contributed by atoms with Gasteiger partial charge in [-0.05, 0) is 63.5 Å². The summed E-state index contributed by atoms with van der Waals surface area (Å²) in [6.07, 6.45) is -3.68. The average molecular weight is 413 g/mol. The number of hydrogen-bond donors (Lipinski definition) is 3. The molecule has 1 unspecified atom stereocenters. The van der Waals surface area contributed by atoms with Crippen LogP contribution in [0.3, 0.4) is 0 Å². The Labute approximate surface area is 169 Å². The van der Waals surface area contributed by atoms with Gasteiger partial charge in [-0.1, -0.05) is 6.07 Å². The fraction of sp³-hybridized carbons (Fsp3) is 0.619. The number of hydrogen-bond acceptors (Lipinski definition) is 4. The minimum absolute atomic E-state index is 0.0904. The molecule has 3 N–H and O–H groups in total. The average Bonchev–Trinajstić information content (AvgIpc) is 3.06. The van der Waals surface area contributed by atoms with Crippen molar-refractivity contribution < 1.29 is 23.0 Å². The Hall–Kier alpha value is -1.77. The van der Waals surface area contributed by atoms with E-state index in [0.717, 1.165) is 41.7 Å². The maximum atomic E-state index is 12.3. The monoisotopic (exact) mass is 413 g/mol.